The van der Waals surface area contributed by atoms with E-state index in [4.69, 9.17) is 0 Å². The monoisotopic (exact) mass is 321 g/mol. The largest absolute Gasteiger partial charge is 0.465 e. The normalized spacial score (nSPS) is 15.1. The Kier molecular flexibility index (Phi) is 7.75. The third-order valence-corrected chi connectivity index (χ3v) is 3.54. The van der Waals surface area contributed by atoms with E-state index in [2.05, 4.69) is 14.8 Å². The van der Waals surface area contributed by atoms with Gasteiger partial charge in [-0.05, 0) is 70.3 Å². The molecule has 0 saturated carbocycles. The molecule has 1 heterocycles. The fraction of sp³-hybridized carbons (Fsp3) is 0.556. The van der Waals surface area contributed by atoms with Crippen molar-refractivity contribution >= 4 is 12.4 Å². The predicted molar refractivity (Wildman–Crippen MR) is 89.5 cm³/mol. The van der Waals surface area contributed by atoms with E-state index in [1.807, 2.05) is 45.0 Å². The van der Waals surface area contributed by atoms with Crippen LogP contribution in [0.1, 0.15) is 55.5 Å². The van der Waals surface area contributed by atoms with Crippen molar-refractivity contribution in [2.24, 2.45) is 0 Å². The lowest BCUT2D eigenvalue weighted by atomic mass is 9.90. The molecular weight excluding hydrogens is 294 g/mol. The van der Waals surface area contributed by atoms with Crippen LogP contribution in [-0.4, -0.2) is 38.2 Å². The van der Waals surface area contributed by atoms with Crippen molar-refractivity contribution in [3.05, 3.63) is 35.4 Å². The highest BCUT2D eigenvalue weighted by Crippen LogP contribution is 2.25. The molecule has 1 fully saturated rings. The van der Waals surface area contributed by atoms with Crippen LogP contribution in [0.5, 0.6) is 0 Å². The number of hydrogen-bond acceptors (Lipinski definition) is 5. The Hall–Kier alpha value is -1.88. The molecule has 1 aliphatic heterocycles. The SMILES string of the molecule is CC(C)(C)OC=O.COC(=O)c1ccc(C2CCNCC2)cc1. The molecule has 1 aromatic carbocycles. The summed E-state index contributed by atoms with van der Waals surface area (Å²) in [5.74, 6) is 0.366. The fourth-order valence-electron chi connectivity index (χ4n) is 2.31. The molecule has 23 heavy (non-hydrogen) atoms. The van der Waals surface area contributed by atoms with Gasteiger partial charge in [-0.25, -0.2) is 4.79 Å². The molecule has 5 nitrogen and oxygen atoms in total. The van der Waals surface area contributed by atoms with E-state index in [1.54, 1.807) is 0 Å². The molecule has 0 bridgehead atoms. The van der Waals surface area contributed by atoms with Crippen LogP contribution < -0.4 is 5.32 Å². The summed E-state index contributed by atoms with van der Waals surface area (Å²) in [6.07, 6.45) is 2.36. The molecule has 0 atom stereocenters. The molecule has 1 N–H and O–H groups in total. The number of methoxy groups -OCH3 is 1. The molecule has 0 unspecified atom stereocenters. The van der Waals surface area contributed by atoms with Crippen LogP contribution in [-0.2, 0) is 14.3 Å². The first-order chi connectivity index (χ1) is 10.9. The molecule has 1 saturated heterocycles. The summed E-state index contributed by atoms with van der Waals surface area (Å²) in [4.78, 5) is 20.9. The molecule has 128 valence electrons. The molecule has 5 heteroatoms. The van der Waals surface area contributed by atoms with Gasteiger partial charge < -0.3 is 14.8 Å². The van der Waals surface area contributed by atoms with Gasteiger partial charge in [-0.3, -0.25) is 4.79 Å². The number of hydrogen-bond donors (Lipinski definition) is 1. The van der Waals surface area contributed by atoms with Crippen molar-refractivity contribution in [2.75, 3.05) is 20.2 Å². The van der Waals surface area contributed by atoms with Gasteiger partial charge in [-0.1, -0.05) is 12.1 Å². The maximum Gasteiger partial charge on any atom is 0.337 e. The van der Waals surface area contributed by atoms with Crippen molar-refractivity contribution in [3.8, 4) is 0 Å². The van der Waals surface area contributed by atoms with E-state index in [0.29, 0.717) is 18.0 Å². The number of carbonyl (C=O) groups excluding carboxylic acids is 2. The van der Waals surface area contributed by atoms with Crippen molar-refractivity contribution in [1.29, 1.82) is 0 Å². The predicted octanol–water partition coefficient (Wildman–Crippen LogP) is 2.90. The second-order valence-corrected chi connectivity index (χ2v) is 6.46. The van der Waals surface area contributed by atoms with E-state index in [0.717, 1.165) is 13.1 Å². The fourth-order valence-corrected chi connectivity index (χ4v) is 2.31. The van der Waals surface area contributed by atoms with Gasteiger partial charge in [0, 0.05) is 0 Å². The third kappa shape index (κ3) is 7.28. The molecule has 0 aliphatic carbocycles. The summed E-state index contributed by atoms with van der Waals surface area (Å²) >= 11 is 0. The number of esters is 1. The highest BCUT2D eigenvalue weighted by atomic mass is 16.5. The average Bonchev–Trinajstić information content (AvgIpc) is 2.54. The summed E-state index contributed by atoms with van der Waals surface area (Å²) < 4.78 is 9.22. The van der Waals surface area contributed by atoms with Gasteiger partial charge in [0.2, 0.25) is 0 Å². The summed E-state index contributed by atoms with van der Waals surface area (Å²) in [7, 11) is 1.41. The molecule has 1 aromatic rings. The standard InChI is InChI=1S/C13H17NO2.C5H10O2/c1-16-13(15)12-4-2-10(3-5-12)11-6-8-14-9-7-11;1-5(2,3)7-4-6/h2-5,11,14H,6-9H2,1H3;4H,1-3H3. The quantitative estimate of drug-likeness (QED) is 0.685. The summed E-state index contributed by atoms with van der Waals surface area (Å²) in [5, 5.41) is 3.35. The molecule has 0 aromatic heterocycles. The van der Waals surface area contributed by atoms with Crippen LogP contribution >= 0.6 is 0 Å². The second-order valence-electron chi connectivity index (χ2n) is 6.46. The number of benzene rings is 1. The van der Waals surface area contributed by atoms with E-state index in [-0.39, 0.29) is 11.6 Å². The van der Waals surface area contributed by atoms with E-state index >= 15 is 0 Å². The van der Waals surface area contributed by atoms with Crippen LogP contribution in [0.25, 0.3) is 0 Å². The first-order valence-corrected chi connectivity index (χ1v) is 7.88. The van der Waals surface area contributed by atoms with Crippen LogP contribution in [0.4, 0.5) is 0 Å². The molecule has 0 spiro atoms. The number of piperidine rings is 1. The van der Waals surface area contributed by atoms with Gasteiger partial charge in [0.25, 0.3) is 6.47 Å². The maximum absolute atomic E-state index is 11.3. The van der Waals surface area contributed by atoms with Crippen molar-refractivity contribution < 1.29 is 19.1 Å². The van der Waals surface area contributed by atoms with Crippen LogP contribution in [0, 0.1) is 0 Å². The number of rotatable bonds is 3. The lowest BCUT2D eigenvalue weighted by Gasteiger charge is -2.22. The van der Waals surface area contributed by atoms with Crippen molar-refractivity contribution in [1.82, 2.24) is 5.32 Å². The molecule has 0 radical (unpaired) electrons. The molecule has 1 aliphatic rings. The Morgan fingerprint density at radius 1 is 1.17 bits per heavy atom. The second kappa shape index (κ2) is 9.30. The van der Waals surface area contributed by atoms with Gasteiger partial charge in [-0.2, -0.15) is 0 Å². The highest BCUT2D eigenvalue weighted by Gasteiger charge is 2.15. The van der Waals surface area contributed by atoms with Crippen molar-refractivity contribution in [3.63, 3.8) is 0 Å². The minimum atomic E-state index is -0.318. The van der Waals surface area contributed by atoms with Gasteiger partial charge in [0.1, 0.15) is 5.60 Å². The zero-order valence-electron chi connectivity index (χ0n) is 14.4. The Labute approximate surface area is 138 Å². The number of carbonyl (C=O) groups is 2. The first-order valence-electron chi connectivity index (χ1n) is 7.88. The molecule has 0 amide bonds. The minimum absolute atomic E-state index is 0.267. The number of ether oxygens (including phenoxy) is 2. The molecule has 2 rings (SSSR count). The Balaban J connectivity index is 0.000000322. The van der Waals surface area contributed by atoms with Gasteiger partial charge >= 0.3 is 5.97 Å². The summed E-state index contributed by atoms with van der Waals surface area (Å²) in [5.41, 5.74) is 1.64. The van der Waals surface area contributed by atoms with Crippen LogP contribution in [0.2, 0.25) is 0 Å². The molecular formula is C18H27NO4. The minimum Gasteiger partial charge on any atom is -0.465 e. The van der Waals surface area contributed by atoms with Crippen molar-refractivity contribution in [2.45, 2.75) is 45.1 Å². The van der Waals surface area contributed by atoms with Gasteiger partial charge in [0.15, 0.2) is 0 Å². The number of nitrogens with one attached hydrogen (secondary N) is 1. The van der Waals surface area contributed by atoms with E-state index in [1.165, 1.54) is 25.5 Å². The average molecular weight is 321 g/mol. The van der Waals surface area contributed by atoms with Crippen LogP contribution in [0.15, 0.2) is 24.3 Å². The zero-order valence-corrected chi connectivity index (χ0v) is 14.4. The Morgan fingerprint density at radius 3 is 2.13 bits per heavy atom. The summed E-state index contributed by atoms with van der Waals surface area (Å²) in [6.45, 7) is 8.09. The van der Waals surface area contributed by atoms with Crippen LogP contribution in [0.3, 0.4) is 0 Å². The first kappa shape index (κ1) is 19.2. The van der Waals surface area contributed by atoms with E-state index < -0.39 is 0 Å². The smallest absolute Gasteiger partial charge is 0.337 e. The Bertz CT molecular complexity index is 485. The lowest BCUT2D eigenvalue weighted by molar-refractivity contribution is -0.138. The summed E-state index contributed by atoms with van der Waals surface area (Å²) in [6, 6.07) is 7.79. The van der Waals surface area contributed by atoms with Gasteiger partial charge in [-0.15, -0.1) is 0 Å². The lowest BCUT2D eigenvalue weighted by Crippen LogP contribution is -2.26. The highest BCUT2D eigenvalue weighted by molar-refractivity contribution is 5.89. The van der Waals surface area contributed by atoms with Gasteiger partial charge in [0.05, 0.1) is 12.7 Å². The Morgan fingerprint density at radius 2 is 1.74 bits per heavy atom. The maximum atomic E-state index is 11.3. The zero-order chi connectivity index (χ0) is 17.3. The van der Waals surface area contributed by atoms with E-state index in [9.17, 15) is 9.59 Å². The third-order valence-electron chi connectivity index (χ3n) is 3.54. The topological polar surface area (TPSA) is 64.6 Å².